The Hall–Kier alpha value is -1.31. The van der Waals surface area contributed by atoms with Crippen LogP contribution in [0.3, 0.4) is 0 Å². The maximum absolute atomic E-state index is 12.2. The summed E-state index contributed by atoms with van der Waals surface area (Å²) in [7, 11) is -3.28. The molecule has 1 amide bonds. The summed E-state index contributed by atoms with van der Waals surface area (Å²) in [4.78, 5) is 24.1. The van der Waals surface area contributed by atoms with Crippen molar-refractivity contribution in [2.75, 3.05) is 18.6 Å². The summed E-state index contributed by atoms with van der Waals surface area (Å²) in [5.41, 5.74) is 0.202. The number of hydrogen-bond donors (Lipinski definition) is 1. The lowest BCUT2D eigenvalue weighted by atomic mass is 10.1. The second kappa shape index (κ2) is 8.52. The van der Waals surface area contributed by atoms with Crippen LogP contribution in [0.2, 0.25) is 10.0 Å². The summed E-state index contributed by atoms with van der Waals surface area (Å²) in [5.74, 6) is -1.52. The Balaban J connectivity index is 2.87. The fraction of sp³-hybridized carbons (Fsp3) is 0.429. The van der Waals surface area contributed by atoms with E-state index in [0.717, 1.165) is 6.26 Å². The maximum atomic E-state index is 12.2. The average molecular weight is 382 g/mol. The highest BCUT2D eigenvalue weighted by atomic mass is 35.5. The number of sulfone groups is 1. The quantitative estimate of drug-likeness (QED) is 0.730. The molecule has 0 spiro atoms. The number of rotatable bonds is 7. The Morgan fingerprint density at radius 1 is 1.26 bits per heavy atom. The first kappa shape index (κ1) is 19.7. The zero-order valence-corrected chi connectivity index (χ0v) is 15.0. The Kier molecular flexibility index (Phi) is 7.31. The summed E-state index contributed by atoms with van der Waals surface area (Å²) in [6.07, 6.45) is 0.973. The number of halogens is 2. The van der Waals surface area contributed by atoms with Crippen LogP contribution in [0.25, 0.3) is 0 Å². The van der Waals surface area contributed by atoms with E-state index in [4.69, 9.17) is 27.9 Å². The van der Waals surface area contributed by atoms with Crippen LogP contribution in [0, 0.1) is 0 Å². The van der Waals surface area contributed by atoms with E-state index in [2.05, 4.69) is 5.32 Å². The molecule has 1 aromatic carbocycles. The molecule has 0 saturated heterocycles. The Labute approximate surface area is 145 Å². The van der Waals surface area contributed by atoms with E-state index < -0.39 is 27.8 Å². The van der Waals surface area contributed by atoms with Crippen molar-refractivity contribution in [1.82, 2.24) is 5.32 Å². The molecule has 0 heterocycles. The van der Waals surface area contributed by atoms with Crippen LogP contribution in [0.4, 0.5) is 0 Å². The number of esters is 1. The first-order chi connectivity index (χ1) is 10.6. The fourth-order valence-corrected chi connectivity index (χ4v) is 2.66. The van der Waals surface area contributed by atoms with Crippen molar-refractivity contribution in [3.05, 3.63) is 33.8 Å². The van der Waals surface area contributed by atoms with Crippen molar-refractivity contribution >= 4 is 44.9 Å². The molecule has 6 nitrogen and oxygen atoms in total. The molecule has 0 radical (unpaired) electrons. The van der Waals surface area contributed by atoms with E-state index in [1.54, 1.807) is 6.92 Å². The van der Waals surface area contributed by atoms with Crippen LogP contribution in [0.15, 0.2) is 18.2 Å². The molecule has 9 heteroatoms. The van der Waals surface area contributed by atoms with Crippen LogP contribution in [-0.2, 0) is 19.4 Å². The number of nitrogens with one attached hydrogen (secondary N) is 1. The lowest BCUT2D eigenvalue weighted by Crippen LogP contribution is -2.43. The first-order valence-electron chi connectivity index (χ1n) is 6.74. The molecule has 0 unspecified atom stereocenters. The number of carbonyl (C=O) groups excluding carboxylic acids is 2. The monoisotopic (exact) mass is 381 g/mol. The largest absolute Gasteiger partial charge is 0.464 e. The first-order valence-corrected chi connectivity index (χ1v) is 9.56. The number of hydrogen-bond acceptors (Lipinski definition) is 5. The smallest absolute Gasteiger partial charge is 0.328 e. The maximum Gasteiger partial charge on any atom is 0.328 e. The zero-order valence-electron chi connectivity index (χ0n) is 12.6. The van der Waals surface area contributed by atoms with Crippen LogP contribution in [-0.4, -0.2) is 45.0 Å². The molecule has 0 aliphatic heterocycles. The van der Waals surface area contributed by atoms with Gasteiger partial charge in [-0.15, -0.1) is 0 Å². The average Bonchev–Trinajstić information content (AvgIpc) is 2.45. The lowest BCUT2D eigenvalue weighted by Gasteiger charge is -2.17. The van der Waals surface area contributed by atoms with Crippen LogP contribution in [0.1, 0.15) is 23.7 Å². The van der Waals surface area contributed by atoms with Crippen LogP contribution in [0.5, 0.6) is 0 Å². The van der Waals surface area contributed by atoms with E-state index >= 15 is 0 Å². The zero-order chi connectivity index (χ0) is 17.6. The molecule has 0 aromatic heterocycles. The molecule has 1 atom stereocenters. The minimum absolute atomic E-state index is 0.0786. The van der Waals surface area contributed by atoms with Crippen molar-refractivity contribution in [1.29, 1.82) is 0 Å². The molecular formula is C14H17Cl2NO5S. The van der Waals surface area contributed by atoms with Gasteiger partial charge in [-0.1, -0.05) is 23.2 Å². The Bertz CT molecular complexity index is 690. The minimum Gasteiger partial charge on any atom is -0.464 e. The van der Waals surface area contributed by atoms with Gasteiger partial charge in [0.2, 0.25) is 0 Å². The number of benzene rings is 1. The predicted octanol–water partition coefficient (Wildman–Crippen LogP) is 2.09. The molecule has 0 fully saturated rings. The van der Waals surface area contributed by atoms with E-state index in [9.17, 15) is 18.0 Å². The fourth-order valence-electron chi connectivity index (χ4n) is 1.70. The summed E-state index contributed by atoms with van der Waals surface area (Å²) < 4.78 is 27.4. The van der Waals surface area contributed by atoms with Gasteiger partial charge in [-0.3, -0.25) is 4.79 Å². The standard InChI is InChI=1S/C14H17Cl2NO5S/c1-3-22-14(19)12(6-7-23(2,20)21)17-13(18)9-4-5-10(15)11(16)8-9/h4-5,8,12H,3,6-7H2,1-2H3,(H,17,18)/t12-/m0/s1. The van der Waals surface area contributed by atoms with Gasteiger partial charge < -0.3 is 10.1 Å². The van der Waals surface area contributed by atoms with Crippen LogP contribution < -0.4 is 5.32 Å². The molecule has 0 aliphatic rings. The van der Waals surface area contributed by atoms with E-state index in [1.165, 1.54) is 18.2 Å². The Morgan fingerprint density at radius 2 is 1.91 bits per heavy atom. The van der Waals surface area contributed by atoms with Crippen molar-refractivity contribution in [2.24, 2.45) is 0 Å². The van der Waals surface area contributed by atoms with Gasteiger partial charge in [-0.2, -0.15) is 0 Å². The Morgan fingerprint density at radius 3 is 2.43 bits per heavy atom. The third-order valence-electron chi connectivity index (χ3n) is 2.84. The highest BCUT2D eigenvalue weighted by molar-refractivity contribution is 7.90. The lowest BCUT2D eigenvalue weighted by molar-refractivity contribution is -0.145. The van der Waals surface area contributed by atoms with Crippen molar-refractivity contribution < 1.29 is 22.7 Å². The van der Waals surface area contributed by atoms with Gasteiger partial charge in [0.25, 0.3) is 5.91 Å². The summed E-state index contributed by atoms with van der Waals surface area (Å²) in [6, 6.07) is 3.20. The topological polar surface area (TPSA) is 89.5 Å². The van der Waals surface area contributed by atoms with Gasteiger partial charge in [0.05, 0.1) is 22.4 Å². The third-order valence-corrected chi connectivity index (χ3v) is 4.55. The molecular weight excluding hydrogens is 365 g/mol. The highest BCUT2D eigenvalue weighted by Crippen LogP contribution is 2.22. The normalized spacial score (nSPS) is 12.5. The second-order valence-electron chi connectivity index (χ2n) is 4.83. The van der Waals surface area contributed by atoms with Gasteiger partial charge in [-0.25, -0.2) is 13.2 Å². The van der Waals surface area contributed by atoms with Gasteiger partial charge >= 0.3 is 5.97 Å². The minimum atomic E-state index is -3.28. The molecule has 1 aromatic rings. The molecule has 0 saturated carbocycles. The van der Waals surface area contributed by atoms with E-state index in [1.807, 2.05) is 0 Å². The van der Waals surface area contributed by atoms with Gasteiger partial charge in [0.15, 0.2) is 0 Å². The number of amides is 1. The van der Waals surface area contributed by atoms with E-state index in [0.29, 0.717) is 5.02 Å². The predicted molar refractivity (Wildman–Crippen MR) is 88.7 cm³/mol. The molecule has 23 heavy (non-hydrogen) atoms. The second-order valence-corrected chi connectivity index (χ2v) is 7.90. The SMILES string of the molecule is CCOC(=O)[C@H](CCS(C)(=O)=O)NC(=O)c1ccc(Cl)c(Cl)c1. The number of carbonyl (C=O) groups is 2. The van der Waals surface area contributed by atoms with Crippen molar-refractivity contribution in [3.63, 3.8) is 0 Å². The van der Waals surface area contributed by atoms with Gasteiger partial charge in [0, 0.05) is 11.8 Å². The highest BCUT2D eigenvalue weighted by Gasteiger charge is 2.24. The van der Waals surface area contributed by atoms with Crippen LogP contribution >= 0.6 is 23.2 Å². The molecule has 128 valence electrons. The van der Waals surface area contributed by atoms with Gasteiger partial charge in [0.1, 0.15) is 15.9 Å². The van der Waals surface area contributed by atoms with Gasteiger partial charge in [-0.05, 0) is 31.5 Å². The van der Waals surface area contributed by atoms with Crippen molar-refractivity contribution in [3.8, 4) is 0 Å². The summed E-state index contributed by atoms with van der Waals surface area (Å²) >= 11 is 11.6. The molecule has 1 rings (SSSR count). The summed E-state index contributed by atoms with van der Waals surface area (Å²) in [5, 5.41) is 2.95. The molecule has 1 N–H and O–H groups in total. The van der Waals surface area contributed by atoms with Crippen molar-refractivity contribution in [2.45, 2.75) is 19.4 Å². The summed E-state index contributed by atoms with van der Waals surface area (Å²) in [6.45, 7) is 1.74. The third kappa shape index (κ3) is 6.76. The molecule has 0 bridgehead atoms. The van der Waals surface area contributed by atoms with E-state index in [-0.39, 0.29) is 29.4 Å². The number of ether oxygens (including phenoxy) is 1. The molecule has 0 aliphatic carbocycles.